The minimum Gasteiger partial charge on any atom is -0.497 e. The molecule has 2 atom stereocenters. The van der Waals surface area contributed by atoms with E-state index in [1.165, 1.54) is 11.1 Å². The summed E-state index contributed by atoms with van der Waals surface area (Å²) in [6.07, 6.45) is 0.882. The molecule has 4 rings (SSSR count). The van der Waals surface area contributed by atoms with Gasteiger partial charge in [-0.1, -0.05) is 0 Å². The lowest BCUT2D eigenvalue weighted by atomic mass is 9.81. The molecular formula is C28H35NO5. The molecule has 1 heterocycles. The molecule has 0 saturated heterocycles. The zero-order valence-corrected chi connectivity index (χ0v) is 21.7. The van der Waals surface area contributed by atoms with Gasteiger partial charge in [0.1, 0.15) is 28.7 Å². The number of aryl methyl sites for hydroxylation is 1. The summed E-state index contributed by atoms with van der Waals surface area (Å²) in [6.45, 7) is 6.61. The Morgan fingerprint density at radius 1 is 0.735 bits per heavy atom. The summed E-state index contributed by atoms with van der Waals surface area (Å²) in [6, 6.07) is 8.61. The van der Waals surface area contributed by atoms with Gasteiger partial charge in [0.2, 0.25) is 0 Å². The molecule has 1 aliphatic heterocycles. The minimum atomic E-state index is 0.201. The van der Waals surface area contributed by atoms with Gasteiger partial charge in [0.15, 0.2) is 0 Å². The zero-order chi connectivity index (χ0) is 24.7. The van der Waals surface area contributed by atoms with Crippen LogP contribution < -0.4 is 23.7 Å². The molecule has 6 heteroatoms. The first-order chi connectivity index (χ1) is 16.3. The highest BCUT2D eigenvalue weighted by Crippen LogP contribution is 2.52. The number of nitrogens with zero attached hydrogens (tertiary/aromatic N) is 1. The second-order valence-electron chi connectivity index (χ2n) is 8.97. The van der Waals surface area contributed by atoms with E-state index in [1.807, 2.05) is 12.1 Å². The highest BCUT2D eigenvalue weighted by atomic mass is 16.5. The average molecular weight is 466 g/mol. The maximum atomic E-state index is 5.99. The number of fused-ring (bicyclic) bond motifs is 2. The van der Waals surface area contributed by atoms with E-state index in [0.717, 1.165) is 56.9 Å². The summed E-state index contributed by atoms with van der Waals surface area (Å²) in [5, 5.41) is 1.91. The molecule has 182 valence electrons. The fraction of sp³-hybridized carbons (Fsp3) is 0.429. The molecule has 34 heavy (non-hydrogen) atoms. The van der Waals surface area contributed by atoms with Gasteiger partial charge in [-0.3, -0.25) is 4.90 Å². The predicted octanol–water partition coefficient (Wildman–Crippen LogP) is 5.80. The Balaban J connectivity index is 2.21. The average Bonchev–Trinajstić information content (AvgIpc) is 2.85. The Labute approximate surface area is 202 Å². The van der Waals surface area contributed by atoms with E-state index in [0.29, 0.717) is 11.8 Å². The maximum absolute atomic E-state index is 5.99. The molecule has 6 nitrogen and oxygen atoms in total. The largest absolute Gasteiger partial charge is 0.497 e. The quantitative estimate of drug-likeness (QED) is 0.459. The molecule has 0 saturated carbocycles. The molecular weight excluding hydrogens is 430 g/mol. The van der Waals surface area contributed by atoms with E-state index in [-0.39, 0.29) is 6.04 Å². The van der Waals surface area contributed by atoms with Crippen LogP contribution in [0.4, 0.5) is 0 Å². The zero-order valence-electron chi connectivity index (χ0n) is 21.7. The molecule has 0 radical (unpaired) electrons. The van der Waals surface area contributed by atoms with Gasteiger partial charge in [-0.05, 0) is 63.1 Å². The molecule has 0 aliphatic carbocycles. The van der Waals surface area contributed by atoms with E-state index in [2.05, 4.69) is 44.9 Å². The van der Waals surface area contributed by atoms with Crippen molar-refractivity contribution in [1.29, 1.82) is 0 Å². The van der Waals surface area contributed by atoms with Crippen molar-refractivity contribution in [2.45, 2.75) is 39.3 Å². The van der Waals surface area contributed by atoms with Crippen LogP contribution in [0.15, 0.2) is 24.3 Å². The first kappa shape index (κ1) is 24.0. The Hall–Kier alpha value is -3.12. The van der Waals surface area contributed by atoms with Crippen molar-refractivity contribution in [2.75, 3.05) is 42.6 Å². The van der Waals surface area contributed by atoms with Gasteiger partial charge in [-0.15, -0.1) is 0 Å². The standard InChI is InChI=1S/C28H35NO5/c1-15-10-21(31-6)27-20(12-18(30-5)13-22(27)32-7)25(15)28-19-11-16(2)29(4)17(3)26(19)23(33-8)14-24(28)34-9/h10,12-14,16-17H,11H2,1-9H3. The Bertz CT molecular complexity index is 1240. The monoisotopic (exact) mass is 465 g/mol. The molecule has 1 aliphatic rings. The van der Waals surface area contributed by atoms with Gasteiger partial charge < -0.3 is 23.7 Å². The molecule has 0 N–H and O–H groups in total. The number of ether oxygens (including phenoxy) is 5. The molecule has 0 bridgehead atoms. The van der Waals surface area contributed by atoms with E-state index < -0.39 is 0 Å². The highest BCUT2D eigenvalue weighted by molar-refractivity contribution is 6.07. The lowest BCUT2D eigenvalue weighted by Gasteiger charge is -2.40. The van der Waals surface area contributed by atoms with Gasteiger partial charge in [0.05, 0.1) is 40.9 Å². The van der Waals surface area contributed by atoms with Crippen molar-refractivity contribution in [3.63, 3.8) is 0 Å². The van der Waals surface area contributed by atoms with Gasteiger partial charge in [0, 0.05) is 40.7 Å². The van der Waals surface area contributed by atoms with Gasteiger partial charge in [0.25, 0.3) is 0 Å². The first-order valence-corrected chi connectivity index (χ1v) is 11.5. The number of hydrogen-bond donors (Lipinski definition) is 0. The summed E-state index contributed by atoms with van der Waals surface area (Å²) in [5.41, 5.74) is 5.73. The third-order valence-electron chi connectivity index (χ3n) is 7.32. The predicted molar refractivity (Wildman–Crippen MR) is 136 cm³/mol. The van der Waals surface area contributed by atoms with Crippen LogP contribution in [0.2, 0.25) is 0 Å². The van der Waals surface area contributed by atoms with Crippen LogP contribution in [-0.2, 0) is 6.42 Å². The highest BCUT2D eigenvalue weighted by Gasteiger charge is 2.34. The smallest absolute Gasteiger partial charge is 0.134 e. The molecule has 3 aromatic rings. The normalized spacial score (nSPS) is 17.9. The van der Waals surface area contributed by atoms with Crippen LogP contribution in [0.5, 0.6) is 28.7 Å². The summed E-state index contributed by atoms with van der Waals surface area (Å²) < 4.78 is 29.1. The molecule has 0 spiro atoms. The maximum Gasteiger partial charge on any atom is 0.134 e. The van der Waals surface area contributed by atoms with E-state index in [4.69, 9.17) is 23.7 Å². The van der Waals surface area contributed by atoms with Crippen LogP contribution in [0, 0.1) is 6.92 Å². The third kappa shape index (κ3) is 3.61. The number of likely N-dealkylation sites (N-methyl/N-ethyl adjacent to an activating group) is 1. The first-order valence-electron chi connectivity index (χ1n) is 11.5. The van der Waals surface area contributed by atoms with Gasteiger partial charge in [-0.2, -0.15) is 0 Å². The Kier molecular flexibility index (Phi) is 6.54. The SMILES string of the molecule is COc1cc(OC)c2c(OC)cc(C)c(-c3c(OC)cc(OC)c4c3CC(C)N(C)C4C)c2c1. The van der Waals surface area contributed by atoms with Crippen molar-refractivity contribution in [3.8, 4) is 39.9 Å². The minimum absolute atomic E-state index is 0.201. The van der Waals surface area contributed by atoms with Crippen LogP contribution in [0.25, 0.3) is 21.9 Å². The van der Waals surface area contributed by atoms with Crippen molar-refractivity contribution in [1.82, 2.24) is 4.90 Å². The van der Waals surface area contributed by atoms with Crippen molar-refractivity contribution >= 4 is 10.8 Å². The Morgan fingerprint density at radius 2 is 1.35 bits per heavy atom. The van der Waals surface area contributed by atoms with Gasteiger partial charge in [-0.25, -0.2) is 0 Å². The second kappa shape index (κ2) is 9.26. The lowest BCUT2D eigenvalue weighted by Crippen LogP contribution is -2.38. The summed E-state index contributed by atoms with van der Waals surface area (Å²) in [4.78, 5) is 2.39. The van der Waals surface area contributed by atoms with Crippen LogP contribution in [0.1, 0.15) is 36.6 Å². The number of rotatable bonds is 6. The Morgan fingerprint density at radius 3 is 1.94 bits per heavy atom. The molecule has 0 aromatic heterocycles. The summed E-state index contributed by atoms with van der Waals surface area (Å²) in [5.74, 6) is 3.83. The van der Waals surface area contributed by atoms with E-state index >= 15 is 0 Å². The van der Waals surface area contributed by atoms with Crippen LogP contribution in [-0.4, -0.2) is 53.5 Å². The van der Waals surface area contributed by atoms with E-state index in [1.54, 1.807) is 35.5 Å². The topological polar surface area (TPSA) is 49.4 Å². The number of benzene rings is 3. The van der Waals surface area contributed by atoms with Gasteiger partial charge >= 0.3 is 0 Å². The second-order valence-corrected chi connectivity index (χ2v) is 8.97. The molecule has 0 amide bonds. The lowest BCUT2D eigenvalue weighted by molar-refractivity contribution is 0.175. The fourth-order valence-corrected chi connectivity index (χ4v) is 5.37. The summed E-state index contributed by atoms with van der Waals surface area (Å²) >= 11 is 0. The number of hydrogen-bond acceptors (Lipinski definition) is 6. The molecule has 3 aromatic carbocycles. The fourth-order valence-electron chi connectivity index (χ4n) is 5.37. The van der Waals surface area contributed by atoms with Crippen molar-refractivity contribution < 1.29 is 23.7 Å². The van der Waals surface area contributed by atoms with Crippen molar-refractivity contribution in [3.05, 3.63) is 41.0 Å². The van der Waals surface area contributed by atoms with Crippen molar-refractivity contribution in [2.24, 2.45) is 0 Å². The summed E-state index contributed by atoms with van der Waals surface area (Å²) in [7, 11) is 10.6. The molecule has 2 unspecified atom stereocenters. The van der Waals surface area contributed by atoms with E-state index in [9.17, 15) is 0 Å². The van der Waals surface area contributed by atoms with Crippen LogP contribution >= 0.6 is 0 Å². The molecule has 0 fully saturated rings. The van der Waals surface area contributed by atoms with Crippen LogP contribution in [0.3, 0.4) is 0 Å². The number of methoxy groups -OCH3 is 5. The third-order valence-corrected chi connectivity index (χ3v) is 7.32.